The fourth-order valence-electron chi connectivity index (χ4n) is 2.28. The molecule has 0 aromatic heterocycles. The van der Waals surface area contributed by atoms with Gasteiger partial charge >= 0.3 is 0 Å². The van der Waals surface area contributed by atoms with Gasteiger partial charge in [-0.2, -0.15) is 0 Å². The summed E-state index contributed by atoms with van der Waals surface area (Å²) in [6.45, 7) is 0. The Kier molecular flexibility index (Phi) is 5.17. The highest BCUT2D eigenvalue weighted by molar-refractivity contribution is 5.87. The second-order valence-corrected chi connectivity index (χ2v) is 5.42. The van der Waals surface area contributed by atoms with Crippen molar-refractivity contribution in [2.45, 2.75) is 0 Å². The summed E-state index contributed by atoms with van der Waals surface area (Å²) in [7, 11) is 0. The summed E-state index contributed by atoms with van der Waals surface area (Å²) in [5.41, 5.74) is 0.0107. The summed E-state index contributed by atoms with van der Waals surface area (Å²) < 4.78 is 5.68. The Hall–Kier alpha value is -4.07. The summed E-state index contributed by atoms with van der Waals surface area (Å²) in [5.74, 6) is 1.33. The molecule has 0 aliphatic rings. The zero-order valence-electron chi connectivity index (χ0n) is 13.9. The lowest BCUT2D eigenvalue weighted by molar-refractivity contribution is -0.394. The smallest absolute Gasteiger partial charge is 0.285 e. The molecule has 0 heterocycles. The summed E-state index contributed by atoms with van der Waals surface area (Å²) in [4.78, 5) is 24.7. The average molecular weight is 363 g/mol. The van der Waals surface area contributed by atoms with Crippen LogP contribution < -0.4 is 4.74 Å². The second-order valence-electron chi connectivity index (χ2n) is 5.42. The fourth-order valence-corrected chi connectivity index (χ4v) is 2.28. The van der Waals surface area contributed by atoms with Crippen LogP contribution >= 0.6 is 0 Å². The van der Waals surface area contributed by atoms with E-state index in [1.165, 1.54) is 18.3 Å². The zero-order valence-corrected chi connectivity index (χ0v) is 13.9. The number of nitrogens with zero attached hydrogens (tertiary/aromatic N) is 3. The van der Waals surface area contributed by atoms with Gasteiger partial charge in [-0.1, -0.05) is 18.2 Å². The van der Waals surface area contributed by atoms with Crippen LogP contribution in [0.1, 0.15) is 5.56 Å². The van der Waals surface area contributed by atoms with E-state index in [2.05, 4.69) is 4.99 Å². The van der Waals surface area contributed by atoms with Crippen molar-refractivity contribution in [3.8, 4) is 11.5 Å². The molecule has 3 aromatic carbocycles. The number of nitro benzene ring substituents is 2. The van der Waals surface area contributed by atoms with Gasteiger partial charge in [0.15, 0.2) is 0 Å². The highest BCUT2D eigenvalue weighted by Crippen LogP contribution is 2.26. The Bertz CT molecular complexity index is 1000. The third-order valence-electron chi connectivity index (χ3n) is 3.59. The van der Waals surface area contributed by atoms with Gasteiger partial charge in [-0.15, -0.1) is 0 Å². The summed E-state index contributed by atoms with van der Waals surface area (Å²) >= 11 is 0. The van der Waals surface area contributed by atoms with Crippen LogP contribution in [0, 0.1) is 20.2 Å². The van der Waals surface area contributed by atoms with Crippen molar-refractivity contribution in [1.29, 1.82) is 0 Å². The maximum atomic E-state index is 11.1. The number of hydrogen-bond donors (Lipinski definition) is 0. The number of aliphatic imine (C=N–C) groups is 1. The molecule has 3 rings (SSSR count). The van der Waals surface area contributed by atoms with Crippen LogP contribution in [0.5, 0.6) is 11.5 Å². The first-order valence-corrected chi connectivity index (χ1v) is 7.83. The first kappa shape index (κ1) is 17.7. The van der Waals surface area contributed by atoms with Crippen molar-refractivity contribution in [2.24, 2.45) is 4.99 Å². The molecule has 0 amide bonds. The molecule has 0 radical (unpaired) electrons. The van der Waals surface area contributed by atoms with Gasteiger partial charge in [-0.3, -0.25) is 25.2 Å². The van der Waals surface area contributed by atoms with E-state index < -0.39 is 9.85 Å². The molecule has 0 aliphatic carbocycles. The summed E-state index contributed by atoms with van der Waals surface area (Å²) in [6.07, 6.45) is 1.30. The number of non-ortho nitro benzene ring substituents is 1. The molecular formula is C19H13N3O5. The second kappa shape index (κ2) is 7.87. The first-order valence-electron chi connectivity index (χ1n) is 7.83. The van der Waals surface area contributed by atoms with Crippen molar-refractivity contribution < 1.29 is 14.6 Å². The molecule has 0 bridgehead atoms. The van der Waals surface area contributed by atoms with E-state index in [4.69, 9.17) is 4.74 Å². The van der Waals surface area contributed by atoms with Gasteiger partial charge in [0, 0.05) is 12.3 Å². The molecule has 3 aromatic rings. The highest BCUT2D eigenvalue weighted by atomic mass is 16.6. The minimum absolute atomic E-state index is 0.176. The van der Waals surface area contributed by atoms with Crippen LogP contribution in [0.3, 0.4) is 0 Å². The van der Waals surface area contributed by atoms with Crippen LogP contribution in [0.2, 0.25) is 0 Å². The molecule has 0 saturated carbocycles. The van der Waals surface area contributed by atoms with E-state index in [9.17, 15) is 20.2 Å². The van der Waals surface area contributed by atoms with Crippen LogP contribution in [-0.4, -0.2) is 16.1 Å². The van der Waals surface area contributed by atoms with Gasteiger partial charge in [0.2, 0.25) is 0 Å². The van der Waals surface area contributed by atoms with Gasteiger partial charge in [0.25, 0.3) is 11.4 Å². The Balaban J connectivity index is 1.78. The third kappa shape index (κ3) is 4.51. The van der Waals surface area contributed by atoms with Gasteiger partial charge < -0.3 is 4.74 Å². The van der Waals surface area contributed by atoms with Crippen LogP contribution in [0.4, 0.5) is 17.1 Å². The molecule has 134 valence electrons. The van der Waals surface area contributed by atoms with Gasteiger partial charge in [-0.05, 0) is 42.5 Å². The van der Waals surface area contributed by atoms with Crippen molar-refractivity contribution >= 4 is 23.3 Å². The Morgan fingerprint density at radius 1 is 0.815 bits per heavy atom. The van der Waals surface area contributed by atoms with E-state index in [1.54, 1.807) is 24.3 Å². The highest BCUT2D eigenvalue weighted by Gasteiger charge is 2.18. The molecule has 8 nitrogen and oxygen atoms in total. The quantitative estimate of drug-likeness (QED) is 0.346. The predicted molar refractivity (Wildman–Crippen MR) is 100.0 cm³/mol. The lowest BCUT2D eigenvalue weighted by Gasteiger charge is -2.05. The van der Waals surface area contributed by atoms with E-state index in [-0.39, 0.29) is 16.9 Å². The SMILES string of the molecule is O=[N+]([O-])c1ccc(C=Nc2ccc(Oc3ccccc3)cc2)c([N+](=O)[O-])c1. The maximum Gasteiger partial charge on any atom is 0.285 e. The lowest BCUT2D eigenvalue weighted by Crippen LogP contribution is -1.97. The molecule has 8 heteroatoms. The van der Waals surface area contributed by atoms with Crippen LogP contribution in [0.15, 0.2) is 77.8 Å². The van der Waals surface area contributed by atoms with Gasteiger partial charge in [0.1, 0.15) is 11.5 Å². The number of para-hydroxylation sites is 1. The van der Waals surface area contributed by atoms with E-state index in [0.717, 1.165) is 6.07 Å². The number of benzene rings is 3. The maximum absolute atomic E-state index is 11.1. The molecule has 0 spiro atoms. The van der Waals surface area contributed by atoms with Crippen molar-refractivity contribution in [3.05, 3.63) is 98.6 Å². The monoisotopic (exact) mass is 363 g/mol. The number of ether oxygens (including phenoxy) is 1. The molecular weight excluding hydrogens is 350 g/mol. The van der Waals surface area contributed by atoms with E-state index >= 15 is 0 Å². The largest absolute Gasteiger partial charge is 0.457 e. The lowest BCUT2D eigenvalue weighted by atomic mass is 10.2. The minimum Gasteiger partial charge on any atom is -0.457 e. The Morgan fingerprint density at radius 3 is 2.11 bits per heavy atom. The van der Waals surface area contributed by atoms with Crippen molar-refractivity contribution in [1.82, 2.24) is 0 Å². The van der Waals surface area contributed by atoms with E-state index in [1.807, 2.05) is 30.3 Å². The third-order valence-corrected chi connectivity index (χ3v) is 3.59. The van der Waals surface area contributed by atoms with Gasteiger partial charge in [-0.25, -0.2) is 0 Å². The molecule has 0 fully saturated rings. The van der Waals surface area contributed by atoms with E-state index in [0.29, 0.717) is 17.2 Å². The standard InChI is InChI=1S/C19H13N3O5/c23-21(24)16-9-6-14(19(12-16)22(25)26)13-20-15-7-10-18(11-8-15)27-17-4-2-1-3-5-17/h1-13H. The Labute approximate surface area is 153 Å². The first-order chi connectivity index (χ1) is 13.0. The van der Waals surface area contributed by atoms with Crippen LogP contribution in [-0.2, 0) is 0 Å². The molecule has 0 N–H and O–H groups in total. The summed E-state index contributed by atoms with van der Waals surface area (Å²) in [5, 5.41) is 21.9. The molecule has 27 heavy (non-hydrogen) atoms. The molecule has 0 aliphatic heterocycles. The minimum atomic E-state index is -0.681. The molecule has 0 atom stereocenters. The van der Waals surface area contributed by atoms with Crippen LogP contribution in [0.25, 0.3) is 0 Å². The molecule has 0 unspecified atom stereocenters. The number of nitro groups is 2. The fraction of sp³-hybridized carbons (Fsp3) is 0. The normalized spacial score (nSPS) is 10.7. The predicted octanol–water partition coefficient (Wildman–Crippen LogP) is 5.05. The van der Waals surface area contributed by atoms with Crippen molar-refractivity contribution in [3.63, 3.8) is 0 Å². The van der Waals surface area contributed by atoms with Gasteiger partial charge in [0.05, 0.1) is 27.2 Å². The van der Waals surface area contributed by atoms with Crippen molar-refractivity contribution in [2.75, 3.05) is 0 Å². The average Bonchev–Trinajstić information content (AvgIpc) is 2.68. The summed E-state index contributed by atoms with van der Waals surface area (Å²) in [6, 6.07) is 19.6. The number of rotatable bonds is 6. The topological polar surface area (TPSA) is 108 Å². The molecule has 0 saturated heterocycles. The Morgan fingerprint density at radius 2 is 1.48 bits per heavy atom. The zero-order chi connectivity index (χ0) is 19.2. The number of hydrogen-bond acceptors (Lipinski definition) is 6.